The summed E-state index contributed by atoms with van der Waals surface area (Å²) in [6.45, 7) is 3.79. The molecule has 1 unspecified atom stereocenters. The fourth-order valence-electron chi connectivity index (χ4n) is 2.86. The molecule has 98 valence electrons. The number of hydrogen-bond acceptors (Lipinski definition) is 2. The molecule has 1 aromatic carbocycles. The maximum Gasteiger partial charge on any atom is 0.130 e. The third-order valence-electron chi connectivity index (χ3n) is 3.89. The average molecular weight is 252 g/mol. The first-order chi connectivity index (χ1) is 8.75. The summed E-state index contributed by atoms with van der Waals surface area (Å²) in [5, 5.41) is 3.31. The number of nitrogens with one attached hydrogen (secondary N) is 1. The van der Waals surface area contributed by atoms with Crippen molar-refractivity contribution in [1.82, 2.24) is 10.2 Å². The van der Waals surface area contributed by atoms with Gasteiger partial charge in [-0.3, -0.25) is 4.90 Å². The largest absolute Gasteiger partial charge is 0.314 e. The lowest BCUT2D eigenvalue weighted by Crippen LogP contribution is -2.45. The molecule has 1 aliphatic heterocycles. The molecule has 4 heteroatoms. The standard InChI is InChI=1S/C14H18F2N2/c15-11-3-4-12(13(16)9-11)14(10-1-2-10)18-7-5-17-6-8-18/h3-4,9-10,14,17H,1-2,5-8H2. The van der Waals surface area contributed by atoms with E-state index in [1.54, 1.807) is 6.07 Å². The van der Waals surface area contributed by atoms with Crippen molar-refractivity contribution in [3.63, 3.8) is 0 Å². The van der Waals surface area contributed by atoms with E-state index in [0.29, 0.717) is 11.5 Å². The van der Waals surface area contributed by atoms with Gasteiger partial charge in [-0.25, -0.2) is 8.78 Å². The van der Waals surface area contributed by atoms with Gasteiger partial charge in [0.05, 0.1) is 0 Å². The first-order valence-corrected chi connectivity index (χ1v) is 6.65. The van der Waals surface area contributed by atoms with Crippen molar-refractivity contribution >= 4 is 0 Å². The molecule has 0 aromatic heterocycles. The summed E-state index contributed by atoms with van der Waals surface area (Å²) in [7, 11) is 0. The Kier molecular flexibility index (Phi) is 3.31. The van der Waals surface area contributed by atoms with Gasteiger partial charge in [-0.1, -0.05) is 6.07 Å². The van der Waals surface area contributed by atoms with Crippen LogP contribution >= 0.6 is 0 Å². The predicted octanol–water partition coefficient (Wildman–Crippen LogP) is 2.32. The summed E-state index contributed by atoms with van der Waals surface area (Å²) < 4.78 is 27.0. The molecule has 18 heavy (non-hydrogen) atoms. The van der Waals surface area contributed by atoms with Crippen molar-refractivity contribution < 1.29 is 8.78 Å². The molecule has 0 radical (unpaired) electrons. The minimum atomic E-state index is -0.494. The molecule has 2 nitrogen and oxygen atoms in total. The van der Waals surface area contributed by atoms with Gasteiger partial charge in [0.15, 0.2) is 0 Å². The molecule has 0 amide bonds. The normalized spacial score (nSPS) is 23.0. The first-order valence-electron chi connectivity index (χ1n) is 6.65. The fourth-order valence-corrected chi connectivity index (χ4v) is 2.86. The van der Waals surface area contributed by atoms with Gasteiger partial charge in [-0.05, 0) is 24.8 Å². The molecule has 1 saturated heterocycles. The Morgan fingerprint density at radius 1 is 1.17 bits per heavy atom. The van der Waals surface area contributed by atoms with E-state index in [4.69, 9.17) is 0 Å². The van der Waals surface area contributed by atoms with Gasteiger partial charge in [0, 0.05) is 43.9 Å². The number of hydrogen-bond donors (Lipinski definition) is 1. The lowest BCUT2D eigenvalue weighted by Gasteiger charge is -2.35. The molecule has 1 atom stereocenters. The van der Waals surface area contributed by atoms with Gasteiger partial charge < -0.3 is 5.32 Å². The van der Waals surface area contributed by atoms with Crippen LogP contribution in [0.25, 0.3) is 0 Å². The van der Waals surface area contributed by atoms with E-state index < -0.39 is 11.6 Å². The van der Waals surface area contributed by atoms with Crippen molar-refractivity contribution in [2.45, 2.75) is 18.9 Å². The van der Waals surface area contributed by atoms with Crippen LogP contribution in [-0.4, -0.2) is 31.1 Å². The number of rotatable bonds is 3. The second kappa shape index (κ2) is 4.94. The van der Waals surface area contributed by atoms with E-state index in [-0.39, 0.29) is 6.04 Å². The van der Waals surface area contributed by atoms with Gasteiger partial charge in [-0.2, -0.15) is 0 Å². The summed E-state index contributed by atoms with van der Waals surface area (Å²) in [4.78, 5) is 2.34. The quantitative estimate of drug-likeness (QED) is 0.888. The van der Waals surface area contributed by atoms with E-state index in [1.165, 1.54) is 6.07 Å². The number of halogens is 2. The van der Waals surface area contributed by atoms with Crippen LogP contribution in [-0.2, 0) is 0 Å². The number of piperazine rings is 1. The second-order valence-corrected chi connectivity index (χ2v) is 5.23. The van der Waals surface area contributed by atoms with Crippen molar-refractivity contribution in [3.8, 4) is 0 Å². The number of benzene rings is 1. The average Bonchev–Trinajstić information content (AvgIpc) is 3.18. The van der Waals surface area contributed by atoms with Crippen LogP contribution in [0.2, 0.25) is 0 Å². The summed E-state index contributed by atoms with van der Waals surface area (Å²) in [6, 6.07) is 4.13. The zero-order chi connectivity index (χ0) is 12.5. The van der Waals surface area contributed by atoms with Crippen LogP contribution in [0.15, 0.2) is 18.2 Å². The highest BCUT2D eigenvalue weighted by molar-refractivity contribution is 5.24. The second-order valence-electron chi connectivity index (χ2n) is 5.23. The Bertz CT molecular complexity index is 426. The molecule has 3 rings (SSSR count). The minimum Gasteiger partial charge on any atom is -0.314 e. The highest BCUT2D eigenvalue weighted by atomic mass is 19.1. The van der Waals surface area contributed by atoms with Gasteiger partial charge in [0.2, 0.25) is 0 Å². The Morgan fingerprint density at radius 3 is 2.50 bits per heavy atom. The Hall–Kier alpha value is -1.00. The predicted molar refractivity (Wildman–Crippen MR) is 66.3 cm³/mol. The van der Waals surface area contributed by atoms with Gasteiger partial charge >= 0.3 is 0 Å². The van der Waals surface area contributed by atoms with E-state index in [2.05, 4.69) is 10.2 Å². The monoisotopic (exact) mass is 252 g/mol. The van der Waals surface area contributed by atoms with Crippen LogP contribution in [0.5, 0.6) is 0 Å². The van der Waals surface area contributed by atoms with E-state index in [9.17, 15) is 8.78 Å². The van der Waals surface area contributed by atoms with Gasteiger partial charge in [-0.15, -0.1) is 0 Å². The van der Waals surface area contributed by atoms with Crippen LogP contribution in [0.3, 0.4) is 0 Å². The number of nitrogens with zero attached hydrogens (tertiary/aromatic N) is 1. The lowest BCUT2D eigenvalue weighted by molar-refractivity contribution is 0.153. The third-order valence-corrected chi connectivity index (χ3v) is 3.89. The molecule has 2 aliphatic rings. The van der Waals surface area contributed by atoms with E-state index in [0.717, 1.165) is 45.1 Å². The smallest absolute Gasteiger partial charge is 0.130 e. The molecule has 1 aromatic rings. The SMILES string of the molecule is Fc1ccc(C(C2CC2)N2CCNCC2)c(F)c1. The molecule has 0 spiro atoms. The van der Waals surface area contributed by atoms with Crippen molar-refractivity contribution in [2.24, 2.45) is 5.92 Å². The molecular weight excluding hydrogens is 234 g/mol. The van der Waals surface area contributed by atoms with E-state index in [1.807, 2.05) is 0 Å². The lowest BCUT2D eigenvalue weighted by atomic mass is 9.99. The van der Waals surface area contributed by atoms with Crippen molar-refractivity contribution in [1.29, 1.82) is 0 Å². The van der Waals surface area contributed by atoms with Crippen LogP contribution in [0, 0.1) is 17.6 Å². The zero-order valence-corrected chi connectivity index (χ0v) is 10.3. The molecule has 1 heterocycles. The molecule has 1 aliphatic carbocycles. The van der Waals surface area contributed by atoms with Crippen LogP contribution < -0.4 is 5.32 Å². The first kappa shape index (κ1) is 12.1. The van der Waals surface area contributed by atoms with Crippen molar-refractivity contribution in [3.05, 3.63) is 35.4 Å². The maximum absolute atomic E-state index is 14.0. The van der Waals surface area contributed by atoms with Gasteiger partial charge in [0.25, 0.3) is 0 Å². The molecule has 1 N–H and O–H groups in total. The summed E-state index contributed by atoms with van der Waals surface area (Å²) >= 11 is 0. The van der Waals surface area contributed by atoms with Crippen LogP contribution in [0.1, 0.15) is 24.4 Å². The highest BCUT2D eigenvalue weighted by Gasteiger charge is 2.38. The maximum atomic E-state index is 14.0. The molecule has 2 fully saturated rings. The molecule has 0 bridgehead atoms. The zero-order valence-electron chi connectivity index (χ0n) is 10.3. The summed E-state index contributed by atoms with van der Waals surface area (Å²) in [6.07, 6.45) is 2.32. The highest BCUT2D eigenvalue weighted by Crippen LogP contribution is 2.45. The minimum absolute atomic E-state index is 0.132. The van der Waals surface area contributed by atoms with Crippen LogP contribution in [0.4, 0.5) is 8.78 Å². The summed E-state index contributed by atoms with van der Waals surface area (Å²) in [5.74, 6) is -0.348. The van der Waals surface area contributed by atoms with E-state index >= 15 is 0 Å². The summed E-state index contributed by atoms with van der Waals surface area (Å²) in [5.41, 5.74) is 0.667. The fraction of sp³-hybridized carbons (Fsp3) is 0.571. The molecular formula is C14H18F2N2. The Labute approximate surface area is 106 Å². The van der Waals surface area contributed by atoms with Gasteiger partial charge in [0.1, 0.15) is 11.6 Å². The third kappa shape index (κ3) is 2.40. The van der Waals surface area contributed by atoms with Crippen molar-refractivity contribution in [2.75, 3.05) is 26.2 Å². The molecule has 1 saturated carbocycles. The Morgan fingerprint density at radius 2 is 1.89 bits per heavy atom. The topological polar surface area (TPSA) is 15.3 Å². The Balaban J connectivity index is 1.88.